The van der Waals surface area contributed by atoms with E-state index in [1.54, 1.807) is 0 Å². The third-order valence-electron chi connectivity index (χ3n) is 8.24. The molecular weight excluding hydrogens is 438 g/mol. The first-order chi connectivity index (χ1) is 17.7. The molecule has 0 spiro atoms. The van der Waals surface area contributed by atoms with E-state index in [4.69, 9.17) is 5.73 Å². The Balaban J connectivity index is 3.27. The second-order valence-electron chi connectivity index (χ2n) is 12.0. The lowest BCUT2D eigenvalue weighted by Gasteiger charge is -2.18. The topological polar surface area (TPSA) is 46.2 Å². The maximum Gasteiger partial charge on any atom is 0.0691 e. The third-order valence-corrected chi connectivity index (χ3v) is 8.24. The Morgan fingerprint density at radius 1 is 0.361 bits per heavy atom. The SMILES string of the molecule is CCCCCCCCCCCCCCCCCC(N)C(O)CCCCCCCCCCCCCCC. The monoisotopic (exact) mass is 510 g/mol. The lowest BCUT2D eigenvalue weighted by Crippen LogP contribution is -2.34. The van der Waals surface area contributed by atoms with Crippen LogP contribution in [0.15, 0.2) is 0 Å². The molecule has 0 amide bonds. The van der Waals surface area contributed by atoms with Crippen LogP contribution in [-0.2, 0) is 0 Å². The molecule has 0 radical (unpaired) electrons. The van der Waals surface area contributed by atoms with Crippen molar-refractivity contribution in [1.29, 1.82) is 0 Å². The highest BCUT2D eigenvalue weighted by molar-refractivity contribution is 4.72. The summed E-state index contributed by atoms with van der Waals surface area (Å²) in [6.45, 7) is 4.58. The van der Waals surface area contributed by atoms with Gasteiger partial charge in [-0.15, -0.1) is 0 Å². The van der Waals surface area contributed by atoms with E-state index in [2.05, 4.69) is 13.8 Å². The van der Waals surface area contributed by atoms with Gasteiger partial charge in [0.2, 0.25) is 0 Å². The largest absolute Gasteiger partial charge is 0.392 e. The molecule has 218 valence electrons. The standard InChI is InChI=1S/C34H71NO/c1-3-5-7-9-11-13-15-17-18-20-21-23-25-27-29-31-33(35)34(36)32-30-28-26-24-22-19-16-14-12-10-8-6-4-2/h33-34,36H,3-32,35H2,1-2H3. The number of aliphatic hydroxyl groups excluding tert-OH is 1. The molecule has 0 aliphatic rings. The van der Waals surface area contributed by atoms with Crippen LogP contribution in [0.25, 0.3) is 0 Å². The Hall–Kier alpha value is -0.0800. The van der Waals surface area contributed by atoms with Crippen LogP contribution >= 0.6 is 0 Å². The fraction of sp³-hybridized carbons (Fsp3) is 1.00. The number of hydrogen-bond acceptors (Lipinski definition) is 2. The van der Waals surface area contributed by atoms with Crippen molar-refractivity contribution >= 4 is 0 Å². The van der Waals surface area contributed by atoms with E-state index in [0.29, 0.717) is 0 Å². The highest BCUT2D eigenvalue weighted by Gasteiger charge is 2.13. The summed E-state index contributed by atoms with van der Waals surface area (Å²) in [6, 6.07) is -0.00991. The molecule has 0 heterocycles. The average Bonchev–Trinajstić information content (AvgIpc) is 2.88. The molecule has 0 aromatic carbocycles. The fourth-order valence-corrected chi connectivity index (χ4v) is 5.53. The first-order valence-corrected chi connectivity index (χ1v) is 17.2. The molecule has 0 bridgehead atoms. The predicted molar refractivity (Wildman–Crippen MR) is 164 cm³/mol. The second-order valence-corrected chi connectivity index (χ2v) is 12.0. The first kappa shape index (κ1) is 35.9. The zero-order valence-electron chi connectivity index (χ0n) is 25.4. The minimum atomic E-state index is -0.288. The van der Waals surface area contributed by atoms with Gasteiger partial charge in [-0.25, -0.2) is 0 Å². The smallest absolute Gasteiger partial charge is 0.0691 e. The molecular formula is C34H71NO. The number of hydrogen-bond donors (Lipinski definition) is 2. The summed E-state index contributed by atoms with van der Waals surface area (Å²) in [6.07, 6.45) is 40.4. The minimum absolute atomic E-state index is 0.00991. The quantitative estimate of drug-likeness (QED) is 0.0912. The van der Waals surface area contributed by atoms with Crippen molar-refractivity contribution in [3.05, 3.63) is 0 Å². The van der Waals surface area contributed by atoms with Crippen molar-refractivity contribution in [3.63, 3.8) is 0 Å². The molecule has 0 aliphatic heterocycles. The average molecular weight is 510 g/mol. The molecule has 0 fully saturated rings. The van der Waals surface area contributed by atoms with Gasteiger partial charge in [0.15, 0.2) is 0 Å². The van der Waals surface area contributed by atoms with Gasteiger partial charge >= 0.3 is 0 Å². The molecule has 0 aliphatic carbocycles. The Bertz CT molecular complexity index is 385. The highest BCUT2D eigenvalue weighted by atomic mass is 16.3. The normalized spacial score (nSPS) is 13.3. The molecule has 2 unspecified atom stereocenters. The summed E-state index contributed by atoms with van der Waals surface area (Å²) in [4.78, 5) is 0. The lowest BCUT2D eigenvalue weighted by atomic mass is 9.98. The maximum absolute atomic E-state index is 10.4. The first-order valence-electron chi connectivity index (χ1n) is 17.2. The maximum atomic E-state index is 10.4. The number of rotatable bonds is 31. The molecule has 0 saturated heterocycles. The van der Waals surface area contributed by atoms with Gasteiger partial charge in [0.1, 0.15) is 0 Å². The van der Waals surface area contributed by atoms with E-state index in [9.17, 15) is 5.11 Å². The molecule has 2 heteroatoms. The van der Waals surface area contributed by atoms with Gasteiger partial charge in [0, 0.05) is 6.04 Å². The van der Waals surface area contributed by atoms with Gasteiger partial charge in [-0.1, -0.05) is 194 Å². The van der Waals surface area contributed by atoms with Gasteiger partial charge in [0.05, 0.1) is 6.10 Å². The fourth-order valence-electron chi connectivity index (χ4n) is 5.53. The molecule has 0 rings (SSSR count). The zero-order valence-corrected chi connectivity index (χ0v) is 25.4. The van der Waals surface area contributed by atoms with E-state index in [1.165, 1.54) is 173 Å². The number of unbranched alkanes of at least 4 members (excludes halogenated alkanes) is 26. The van der Waals surface area contributed by atoms with Gasteiger partial charge < -0.3 is 10.8 Å². The number of nitrogens with two attached hydrogens (primary N) is 1. The summed E-state index contributed by atoms with van der Waals surface area (Å²) >= 11 is 0. The van der Waals surface area contributed by atoms with E-state index < -0.39 is 0 Å². The Morgan fingerprint density at radius 2 is 0.583 bits per heavy atom. The third kappa shape index (κ3) is 28.5. The molecule has 0 aromatic rings. The highest BCUT2D eigenvalue weighted by Crippen LogP contribution is 2.17. The Labute approximate surface area is 229 Å². The van der Waals surface area contributed by atoms with Crippen molar-refractivity contribution in [3.8, 4) is 0 Å². The Kier molecular flexibility index (Phi) is 31.1. The van der Waals surface area contributed by atoms with Crippen molar-refractivity contribution in [2.45, 2.75) is 219 Å². The van der Waals surface area contributed by atoms with Crippen LogP contribution in [0.5, 0.6) is 0 Å². The summed E-state index contributed by atoms with van der Waals surface area (Å²) < 4.78 is 0. The van der Waals surface area contributed by atoms with Crippen molar-refractivity contribution in [2.75, 3.05) is 0 Å². The summed E-state index contributed by atoms with van der Waals surface area (Å²) in [7, 11) is 0. The lowest BCUT2D eigenvalue weighted by molar-refractivity contribution is 0.126. The molecule has 0 saturated carbocycles. The van der Waals surface area contributed by atoms with Crippen molar-refractivity contribution in [2.24, 2.45) is 5.73 Å². The van der Waals surface area contributed by atoms with Gasteiger partial charge in [0.25, 0.3) is 0 Å². The molecule has 3 N–H and O–H groups in total. The molecule has 2 nitrogen and oxygen atoms in total. The molecule has 2 atom stereocenters. The van der Waals surface area contributed by atoms with Gasteiger partial charge in [-0.2, -0.15) is 0 Å². The minimum Gasteiger partial charge on any atom is -0.392 e. The van der Waals surface area contributed by atoms with E-state index in [1.807, 2.05) is 0 Å². The van der Waals surface area contributed by atoms with Crippen LogP contribution in [0.1, 0.15) is 206 Å². The van der Waals surface area contributed by atoms with Crippen LogP contribution in [-0.4, -0.2) is 17.3 Å². The molecule has 36 heavy (non-hydrogen) atoms. The van der Waals surface area contributed by atoms with E-state index in [-0.39, 0.29) is 12.1 Å². The van der Waals surface area contributed by atoms with Crippen molar-refractivity contribution < 1.29 is 5.11 Å². The Morgan fingerprint density at radius 3 is 0.861 bits per heavy atom. The van der Waals surface area contributed by atoms with Crippen molar-refractivity contribution in [1.82, 2.24) is 0 Å². The summed E-state index contributed by atoms with van der Waals surface area (Å²) in [5.74, 6) is 0. The predicted octanol–water partition coefficient (Wildman–Crippen LogP) is 11.4. The second kappa shape index (κ2) is 31.1. The number of aliphatic hydroxyl groups is 1. The van der Waals surface area contributed by atoms with E-state index >= 15 is 0 Å². The molecule has 0 aromatic heterocycles. The van der Waals surface area contributed by atoms with E-state index in [0.717, 1.165) is 19.3 Å². The van der Waals surface area contributed by atoms with Crippen LogP contribution in [0.3, 0.4) is 0 Å². The van der Waals surface area contributed by atoms with Crippen LogP contribution in [0, 0.1) is 0 Å². The zero-order chi connectivity index (χ0) is 26.4. The van der Waals surface area contributed by atoms with Gasteiger partial charge in [-0.3, -0.25) is 0 Å². The summed E-state index contributed by atoms with van der Waals surface area (Å²) in [5.41, 5.74) is 6.27. The van der Waals surface area contributed by atoms with Crippen LogP contribution in [0.4, 0.5) is 0 Å². The van der Waals surface area contributed by atoms with Gasteiger partial charge in [-0.05, 0) is 12.8 Å². The van der Waals surface area contributed by atoms with Crippen LogP contribution < -0.4 is 5.73 Å². The van der Waals surface area contributed by atoms with Crippen LogP contribution in [0.2, 0.25) is 0 Å². The summed E-state index contributed by atoms with van der Waals surface area (Å²) in [5, 5.41) is 10.4.